The Labute approximate surface area is 331 Å². The Kier molecular flexibility index (Phi) is 16.6. The van der Waals surface area contributed by atoms with Gasteiger partial charge in [-0.15, -0.1) is 0 Å². The second-order valence-electron chi connectivity index (χ2n) is 14.4. The van der Waals surface area contributed by atoms with Gasteiger partial charge < -0.3 is 4.90 Å². The molecule has 0 aliphatic carbocycles. The lowest BCUT2D eigenvalue weighted by Gasteiger charge is -2.34. The number of carbonyl (C=O) groups is 4. The van der Waals surface area contributed by atoms with Gasteiger partial charge >= 0.3 is 0 Å². The van der Waals surface area contributed by atoms with E-state index in [9.17, 15) is 24.4 Å². The zero-order chi connectivity index (χ0) is 39.9. The van der Waals surface area contributed by atoms with Gasteiger partial charge in [0, 0.05) is 36.7 Å². The molecule has 55 heavy (non-hydrogen) atoms. The fraction of sp³-hybridized carbons (Fsp3) is 0.467. The van der Waals surface area contributed by atoms with Gasteiger partial charge in [0.1, 0.15) is 11.6 Å². The predicted octanol–water partition coefficient (Wildman–Crippen LogP) is 10.4. The fourth-order valence-corrected chi connectivity index (χ4v) is 8.07. The van der Waals surface area contributed by atoms with Gasteiger partial charge in [-0.1, -0.05) is 139 Å². The average Bonchev–Trinajstić information content (AvgIpc) is 3.63. The number of hydrogen-bond acceptors (Lipinski definition) is 8. The Bertz CT molecular complexity index is 1860. The van der Waals surface area contributed by atoms with E-state index < -0.39 is 23.6 Å². The summed E-state index contributed by atoms with van der Waals surface area (Å²) in [5.41, 5.74) is 1.83. The highest BCUT2D eigenvalue weighted by molar-refractivity contribution is 7.17. The minimum absolute atomic E-state index is 0.0967. The average molecular weight is 764 g/mol. The molecule has 0 radical (unpaired) electrons. The Balaban J connectivity index is 1.95. The number of aromatic nitrogens is 1. The predicted molar refractivity (Wildman–Crippen MR) is 222 cm³/mol. The third-order valence-corrected chi connectivity index (χ3v) is 11.4. The Morgan fingerprint density at radius 2 is 1.40 bits per heavy atom. The lowest BCUT2D eigenvalue weighted by Crippen LogP contribution is -2.57. The molecule has 4 amide bonds. The number of amides is 4. The summed E-state index contributed by atoms with van der Waals surface area (Å²) in [5.74, 6) is -2.51. The van der Waals surface area contributed by atoms with E-state index in [1.807, 2.05) is 43.3 Å². The standard InChI is InChI=1S/C45H57N5O4S/c1-7-12-21-33(10-4)30-48(31-34(11-5)22-13-8-2)45-47-41(35-23-17-15-18-24-35)40(55-45)28-38-37(27-14-9-3)39(29-46)44(54)50(43(38)53)49(32(6)51)42(52)36-25-19-16-20-26-36/h15-20,23-26,28,33-34H,7-14,21-22,27,30-31H2,1-6H3/b38-28-. The first-order valence-electron chi connectivity index (χ1n) is 20.1. The number of hydrazine groups is 1. The molecule has 1 aliphatic rings. The SMILES string of the molecule is CCCCC1=C(C#N)C(=O)N(N(C(C)=O)C(=O)c2ccccc2)C(=O)/C1=C\c1sc(N(CC(CC)CCCC)CC(CC)CCCC)nc1-c1ccccc1. The minimum Gasteiger partial charge on any atom is -0.348 e. The summed E-state index contributed by atoms with van der Waals surface area (Å²) in [6.45, 7) is 13.8. The highest BCUT2D eigenvalue weighted by atomic mass is 32.1. The van der Waals surface area contributed by atoms with Crippen LogP contribution >= 0.6 is 11.3 Å². The van der Waals surface area contributed by atoms with Gasteiger partial charge in [0.2, 0.25) is 5.91 Å². The Hall–Kier alpha value is -4.88. The summed E-state index contributed by atoms with van der Waals surface area (Å²) < 4.78 is 0. The molecule has 0 spiro atoms. The van der Waals surface area contributed by atoms with Crippen molar-refractivity contribution in [2.75, 3.05) is 18.0 Å². The molecule has 10 heteroatoms. The fourth-order valence-electron chi connectivity index (χ4n) is 7.02. The van der Waals surface area contributed by atoms with E-state index in [4.69, 9.17) is 4.98 Å². The molecule has 9 nitrogen and oxygen atoms in total. The van der Waals surface area contributed by atoms with Gasteiger partial charge in [-0.2, -0.15) is 15.3 Å². The first kappa shape index (κ1) is 42.9. The van der Waals surface area contributed by atoms with E-state index >= 15 is 0 Å². The molecule has 1 aliphatic heterocycles. The number of nitriles is 1. The van der Waals surface area contributed by atoms with E-state index in [1.54, 1.807) is 24.3 Å². The topological polar surface area (TPSA) is 115 Å². The molecule has 2 aromatic carbocycles. The number of nitrogens with zero attached hydrogens (tertiary/aromatic N) is 5. The van der Waals surface area contributed by atoms with Crippen molar-refractivity contribution in [3.05, 3.63) is 87.8 Å². The summed E-state index contributed by atoms with van der Waals surface area (Å²) in [5, 5.41) is 12.4. The maximum absolute atomic E-state index is 14.7. The summed E-state index contributed by atoms with van der Waals surface area (Å²) in [6, 6.07) is 19.9. The number of carbonyl (C=O) groups excluding carboxylic acids is 4. The first-order chi connectivity index (χ1) is 26.6. The van der Waals surface area contributed by atoms with Crippen molar-refractivity contribution in [3.63, 3.8) is 0 Å². The molecule has 4 rings (SSSR count). The van der Waals surface area contributed by atoms with Crippen LogP contribution in [0.15, 0.2) is 77.4 Å². The van der Waals surface area contributed by atoms with Crippen LogP contribution in [0, 0.1) is 23.2 Å². The molecular formula is C45H57N5O4S. The lowest BCUT2D eigenvalue weighted by molar-refractivity contribution is -0.163. The largest absolute Gasteiger partial charge is 0.348 e. The summed E-state index contributed by atoms with van der Waals surface area (Å²) >= 11 is 1.50. The van der Waals surface area contributed by atoms with Gasteiger partial charge in [-0.25, -0.2) is 4.98 Å². The van der Waals surface area contributed by atoms with Crippen molar-refractivity contribution in [2.24, 2.45) is 11.8 Å². The second-order valence-corrected chi connectivity index (χ2v) is 15.4. The Morgan fingerprint density at radius 1 is 0.836 bits per heavy atom. The molecule has 3 aromatic rings. The second kappa shape index (κ2) is 21.3. The van der Waals surface area contributed by atoms with Gasteiger partial charge in [0.05, 0.1) is 10.6 Å². The normalized spacial score (nSPS) is 14.9. The third kappa shape index (κ3) is 10.7. The molecule has 2 unspecified atom stereocenters. The number of benzene rings is 2. The van der Waals surface area contributed by atoms with Crippen LogP contribution in [0.25, 0.3) is 17.3 Å². The molecule has 0 bridgehead atoms. The highest BCUT2D eigenvalue weighted by Gasteiger charge is 2.44. The molecule has 0 saturated carbocycles. The first-order valence-corrected chi connectivity index (χ1v) is 20.9. The zero-order valence-electron chi connectivity index (χ0n) is 33.5. The van der Waals surface area contributed by atoms with E-state index in [0.717, 1.165) is 75.7 Å². The van der Waals surface area contributed by atoms with Gasteiger partial charge in [-0.05, 0) is 61.3 Å². The monoisotopic (exact) mass is 763 g/mol. The molecule has 2 heterocycles. The molecule has 0 N–H and O–H groups in total. The zero-order valence-corrected chi connectivity index (χ0v) is 34.3. The van der Waals surface area contributed by atoms with E-state index in [0.29, 0.717) is 50.8 Å². The van der Waals surface area contributed by atoms with Gasteiger partial charge in [-0.3, -0.25) is 19.2 Å². The van der Waals surface area contributed by atoms with Crippen molar-refractivity contribution in [3.8, 4) is 17.3 Å². The number of thiazole rings is 1. The van der Waals surface area contributed by atoms with Crippen molar-refractivity contribution in [2.45, 2.75) is 112 Å². The molecule has 0 fully saturated rings. The maximum Gasteiger partial charge on any atom is 0.291 e. The van der Waals surface area contributed by atoms with Crippen LogP contribution in [0.2, 0.25) is 0 Å². The van der Waals surface area contributed by atoms with Gasteiger partial charge in [0.25, 0.3) is 17.7 Å². The quantitative estimate of drug-likeness (QED) is 0.0831. The van der Waals surface area contributed by atoms with Crippen molar-refractivity contribution in [1.29, 1.82) is 5.26 Å². The van der Waals surface area contributed by atoms with Crippen molar-refractivity contribution >= 4 is 46.2 Å². The maximum atomic E-state index is 14.7. The number of anilines is 1. The van der Waals surface area contributed by atoms with Crippen LogP contribution in [0.1, 0.15) is 127 Å². The van der Waals surface area contributed by atoms with E-state index in [-0.39, 0.29) is 16.7 Å². The number of unbranched alkanes of at least 4 members (excludes halogenated alkanes) is 3. The number of rotatable bonds is 20. The van der Waals surface area contributed by atoms with E-state index in [1.165, 1.54) is 36.3 Å². The van der Waals surface area contributed by atoms with Crippen LogP contribution in [-0.4, -0.2) is 51.7 Å². The summed E-state index contributed by atoms with van der Waals surface area (Å²) in [6.07, 6.45) is 12.4. The smallest absolute Gasteiger partial charge is 0.291 e. The van der Waals surface area contributed by atoms with Crippen LogP contribution in [0.5, 0.6) is 0 Å². The van der Waals surface area contributed by atoms with Crippen molar-refractivity contribution < 1.29 is 19.2 Å². The van der Waals surface area contributed by atoms with Crippen LogP contribution in [0.3, 0.4) is 0 Å². The lowest BCUT2D eigenvalue weighted by atomic mass is 9.90. The molecule has 0 saturated heterocycles. The molecular weight excluding hydrogens is 707 g/mol. The highest BCUT2D eigenvalue weighted by Crippen LogP contribution is 2.39. The van der Waals surface area contributed by atoms with Crippen LogP contribution in [0.4, 0.5) is 5.13 Å². The van der Waals surface area contributed by atoms with Crippen LogP contribution < -0.4 is 4.90 Å². The molecule has 292 valence electrons. The Morgan fingerprint density at radius 3 is 1.91 bits per heavy atom. The minimum atomic E-state index is -0.995. The summed E-state index contributed by atoms with van der Waals surface area (Å²) in [7, 11) is 0. The summed E-state index contributed by atoms with van der Waals surface area (Å²) in [4.78, 5) is 64.2. The molecule has 1 aromatic heterocycles. The number of imide groups is 2. The number of hydrogen-bond donors (Lipinski definition) is 0. The van der Waals surface area contributed by atoms with Crippen LogP contribution in [-0.2, 0) is 14.4 Å². The van der Waals surface area contributed by atoms with Gasteiger partial charge in [0.15, 0.2) is 5.13 Å². The molecule has 2 atom stereocenters. The third-order valence-electron chi connectivity index (χ3n) is 10.3. The van der Waals surface area contributed by atoms with E-state index in [2.05, 4.69) is 32.6 Å². The van der Waals surface area contributed by atoms with Crippen molar-refractivity contribution in [1.82, 2.24) is 15.0 Å².